The summed E-state index contributed by atoms with van der Waals surface area (Å²) in [6.07, 6.45) is 0. The summed E-state index contributed by atoms with van der Waals surface area (Å²) in [6, 6.07) is 10.4. The van der Waals surface area contributed by atoms with Gasteiger partial charge in [-0.2, -0.15) is 0 Å². The molecule has 0 unspecified atom stereocenters. The molecule has 5 nitrogen and oxygen atoms in total. The molecule has 126 valence electrons. The van der Waals surface area contributed by atoms with Crippen LogP contribution in [0.25, 0.3) is 0 Å². The summed E-state index contributed by atoms with van der Waals surface area (Å²) in [4.78, 5) is 24.6. The van der Waals surface area contributed by atoms with Crippen LogP contribution >= 0.6 is 15.9 Å². The molecule has 2 aromatic carbocycles. The van der Waals surface area contributed by atoms with E-state index in [2.05, 4.69) is 26.6 Å². The maximum Gasteiger partial charge on any atom is 0.256 e. The van der Waals surface area contributed by atoms with Gasteiger partial charge in [0, 0.05) is 18.1 Å². The second-order valence-electron chi connectivity index (χ2n) is 4.87. The first-order valence-electron chi connectivity index (χ1n) is 7.15. The van der Waals surface area contributed by atoms with Gasteiger partial charge in [-0.05, 0) is 46.3 Å². The molecule has 0 spiro atoms. The lowest BCUT2D eigenvalue weighted by molar-refractivity contribution is 0.0938. The molecule has 0 saturated heterocycles. The van der Waals surface area contributed by atoms with E-state index in [4.69, 9.17) is 4.74 Å². The Morgan fingerprint density at radius 3 is 2.58 bits per heavy atom. The van der Waals surface area contributed by atoms with Crippen LogP contribution in [0.1, 0.15) is 20.7 Å². The van der Waals surface area contributed by atoms with Gasteiger partial charge in [-0.25, -0.2) is 4.39 Å². The fraction of sp³-hybridized carbons (Fsp3) is 0.176. The number of carbonyl (C=O) groups is 2. The largest absolute Gasteiger partial charge is 0.383 e. The molecule has 0 atom stereocenters. The molecular formula is C17H16BrFN2O3. The molecule has 0 aliphatic rings. The van der Waals surface area contributed by atoms with Crippen LogP contribution in [0.5, 0.6) is 0 Å². The number of benzene rings is 2. The number of methoxy groups -OCH3 is 1. The Hall–Kier alpha value is -2.25. The minimum absolute atomic E-state index is 0.269. The summed E-state index contributed by atoms with van der Waals surface area (Å²) in [5.74, 6) is -1.21. The molecular weight excluding hydrogens is 379 g/mol. The molecule has 2 aromatic rings. The third-order valence-electron chi connectivity index (χ3n) is 3.19. The second-order valence-corrected chi connectivity index (χ2v) is 5.73. The lowest BCUT2D eigenvalue weighted by Gasteiger charge is -2.12. The van der Waals surface area contributed by atoms with Gasteiger partial charge in [0.25, 0.3) is 11.8 Å². The van der Waals surface area contributed by atoms with Crippen LogP contribution in [0.4, 0.5) is 10.1 Å². The van der Waals surface area contributed by atoms with Crippen molar-refractivity contribution < 1.29 is 18.7 Å². The molecule has 0 fully saturated rings. The molecule has 0 aliphatic heterocycles. The van der Waals surface area contributed by atoms with Gasteiger partial charge in [0.1, 0.15) is 5.82 Å². The number of carbonyl (C=O) groups excluding carboxylic acids is 2. The number of amides is 2. The van der Waals surface area contributed by atoms with Gasteiger partial charge < -0.3 is 15.4 Å². The van der Waals surface area contributed by atoms with E-state index in [1.807, 2.05) is 0 Å². The molecule has 7 heteroatoms. The van der Waals surface area contributed by atoms with Crippen molar-refractivity contribution in [2.75, 3.05) is 25.6 Å². The highest BCUT2D eigenvalue weighted by Crippen LogP contribution is 2.21. The van der Waals surface area contributed by atoms with Crippen molar-refractivity contribution in [2.24, 2.45) is 0 Å². The first-order valence-corrected chi connectivity index (χ1v) is 7.95. The Kier molecular flexibility index (Phi) is 6.45. The van der Waals surface area contributed by atoms with Gasteiger partial charge >= 0.3 is 0 Å². The number of nitrogens with one attached hydrogen (secondary N) is 2. The summed E-state index contributed by atoms with van der Waals surface area (Å²) in [7, 11) is 1.54. The van der Waals surface area contributed by atoms with Crippen LogP contribution in [0.15, 0.2) is 46.9 Å². The normalized spacial score (nSPS) is 10.3. The van der Waals surface area contributed by atoms with E-state index in [1.54, 1.807) is 31.4 Å². The zero-order valence-electron chi connectivity index (χ0n) is 12.9. The minimum atomic E-state index is -0.448. The fourth-order valence-corrected chi connectivity index (χ4v) is 2.55. The van der Waals surface area contributed by atoms with Crippen molar-refractivity contribution in [3.05, 3.63) is 63.9 Å². The summed E-state index contributed by atoms with van der Waals surface area (Å²) in [6.45, 7) is 0.754. The first-order chi connectivity index (χ1) is 11.5. The number of halogens is 2. The number of para-hydroxylation sites is 1. The van der Waals surface area contributed by atoms with Gasteiger partial charge in [-0.1, -0.05) is 12.1 Å². The van der Waals surface area contributed by atoms with E-state index < -0.39 is 11.7 Å². The summed E-state index contributed by atoms with van der Waals surface area (Å²) >= 11 is 3.16. The maximum absolute atomic E-state index is 13.1. The van der Waals surface area contributed by atoms with Crippen molar-refractivity contribution in [1.29, 1.82) is 0 Å². The van der Waals surface area contributed by atoms with Gasteiger partial charge in [0.15, 0.2) is 0 Å². The average molecular weight is 395 g/mol. The Balaban J connectivity index is 2.17. The molecule has 0 aliphatic carbocycles. The van der Waals surface area contributed by atoms with Crippen molar-refractivity contribution in [3.63, 3.8) is 0 Å². The van der Waals surface area contributed by atoms with E-state index >= 15 is 0 Å². The Bertz CT molecular complexity index is 752. The predicted molar refractivity (Wildman–Crippen MR) is 92.7 cm³/mol. The molecule has 0 bridgehead atoms. The molecule has 24 heavy (non-hydrogen) atoms. The van der Waals surface area contributed by atoms with Crippen molar-refractivity contribution in [1.82, 2.24) is 5.32 Å². The molecule has 0 heterocycles. The molecule has 2 N–H and O–H groups in total. The third-order valence-corrected chi connectivity index (χ3v) is 3.84. The number of hydrogen-bond acceptors (Lipinski definition) is 3. The Morgan fingerprint density at radius 2 is 1.88 bits per heavy atom. The Morgan fingerprint density at radius 1 is 1.12 bits per heavy atom. The van der Waals surface area contributed by atoms with E-state index in [0.29, 0.717) is 28.9 Å². The van der Waals surface area contributed by atoms with Gasteiger partial charge in [-0.15, -0.1) is 0 Å². The molecule has 0 radical (unpaired) electrons. The van der Waals surface area contributed by atoms with Gasteiger partial charge in [0.2, 0.25) is 0 Å². The number of anilines is 1. The number of ether oxygens (including phenoxy) is 1. The van der Waals surface area contributed by atoms with Crippen LogP contribution in [-0.2, 0) is 4.74 Å². The van der Waals surface area contributed by atoms with Crippen LogP contribution in [0.3, 0.4) is 0 Å². The zero-order chi connectivity index (χ0) is 17.5. The van der Waals surface area contributed by atoms with Crippen LogP contribution in [0, 0.1) is 5.82 Å². The van der Waals surface area contributed by atoms with Gasteiger partial charge in [-0.3, -0.25) is 9.59 Å². The SMILES string of the molecule is COCCNC(=O)c1ccccc1NC(=O)c1ccc(F)cc1Br. The summed E-state index contributed by atoms with van der Waals surface area (Å²) in [5.41, 5.74) is 0.972. The standard InChI is InChI=1S/C17H16BrFN2O3/c1-24-9-8-20-16(22)13-4-2-3-5-15(13)21-17(23)12-7-6-11(19)10-14(12)18/h2-7,10H,8-9H2,1H3,(H,20,22)(H,21,23). The Labute approximate surface area is 147 Å². The summed E-state index contributed by atoms with van der Waals surface area (Å²) in [5, 5.41) is 5.37. The molecule has 0 aromatic heterocycles. The molecule has 0 saturated carbocycles. The van der Waals surface area contributed by atoms with Crippen LogP contribution in [-0.4, -0.2) is 32.1 Å². The highest BCUT2D eigenvalue weighted by molar-refractivity contribution is 9.10. The van der Waals surface area contributed by atoms with Crippen molar-refractivity contribution in [3.8, 4) is 0 Å². The average Bonchev–Trinajstić information content (AvgIpc) is 2.55. The van der Waals surface area contributed by atoms with Crippen molar-refractivity contribution >= 4 is 33.4 Å². The van der Waals surface area contributed by atoms with E-state index in [0.717, 1.165) is 0 Å². The quantitative estimate of drug-likeness (QED) is 0.739. The highest BCUT2D eigenvalue weighted by atomic mass is 79.9. The second kappa shape index (κ2) is 8.56. The number of rotatable bonds is 6. The lowest BCUT2D eigenvalue weighted by atomic mass is 10.1. The fourth-order valence-electron chi connectivity index (χ4n) is 2.02. The van der Waals surface area contributed by atoms with E-state index in [1.165, 1.54) is 18.2 Å². The van der Waals surface area contributed by atoms with Gasteiger partial charge in [0.05, 0.1) is 23.4 Å². The zero-order valence-corrected chi connectivity index (χ0v) is 14.5. The highest BCUT2D eigenvalue weighted by Gasteiger charge is 2.15. The maximum atomic E-state index is 13.1. The predicted octanol–water partition coefficient (Wildman–Crippen LogP) is 3.22. The van der Waals surface area contributed by atoms with Crippen LogP contribution < -0.4 is 10.6 Å². The molecule has 2 amide bonds. The van der Waals surface area contributed by atoms with Crippen LogP contribution in [0.2, 0.25) is 0 Å². The first kappa shape index (κ1) is 18.1. The lowest BCUT2D eigenvalue weighted by Crippen LogP contribution is -2.28. The topological polar surface area (TPSA) is 67.4 Å². The summed E-state index contributed by atoms with van der Waals surface area (Å²) < 4.78 is 18.3. The number of hydrogen-bond donors (Lipinski definition) is 2. The minimum Gasteiger partial charge on any atom is -0.383 e. The smallest absolute Gasteiger partial charge is 0.256 e. The van der Waals surface area contributed by atoms with Crippen molar-refractivity contribution in [2.45, 2.75) is 0 Å². The van der Waals surface area contributed by atoms with E-state index in [9.17, 15) is 14.0 Å². The molecule has 2 rings (SSSR count). The monoisotopic (exact) mass is 394 g/mol. The van der Waals surface area contributed by atoms with E-state index in [-0.39, 0.29) is 11.5 Å². The third kappa shape index (κ3) is 4.62.